The lowest BCUT2D eigenvalue weighted by atomic mass is 10.1. The molecule has 2 unspecified atom stereocenters. The van der Waals surface area contributed by atoms with Gasteiger partial charge in [0.25, 0.3) is 0 Å². The zero-order chi connectivity index (χ0) is 13.5. The number of rotatable bonds is 8. The summed E-state index contributed by atoms with van der Waals surface area (Å²) in [5, 5.41) is 3.54. The summed E-state index contributed by atoms with van der Waals surface area (Å²) < 4.78 is 0. The first-order valence-corrected chi connectivity index (χ1v) is 7.62. The molecular formula is C15H33N3. The van der Waals surface area contributed by atoms with E-state index < -0.39 is 0 Å². The zero-order valence-corrected chi connectivity index (χ0v) is 13.1. The van der Waals surface area contributed by atoms with Crippen LogP contribution in [-0.2, 0) is 0 Å². The maximum absolute atomic E-state index is 3.54. The average molecular weight is 255 g/mol. The molecule has 0 aliphatic carbocycles. The van der Waals surface area contributed by atoms with Crippen LogP contribution in [-0.4, -0.2) is 62.2 Å². The third-order valence-corrected chi connectivity index (χ3v) is 4.21. The molecule has 0 radical (unpaired) electrons. The van der Waals surface area contributed by atoms with Gasteiger partial charge in [-0.2, -0.15) is 0 Å². The molecule has 1 aliphatic rings. The Kier molecular flexibility index (Phi) is 7.20. The summed E-state index contributed by atoms with van der Waals surface area (Å²) in [6.07, 6.45) is 4.00. The summed E-state index contributed by atoms with van der Waals surface area (Å²) in [6, 6.07) is 1.46. The Morgan fingerprint density at radius 2 is 2.06 bits per heavy atom. The maximum Gasteiger partial charge on any atom is 0.0220 e. The van der Waals surface area contributed by atoms with Crippen LogP contribution in [0.25, 0.3) is 0 Å². The van der Waals surface area contributed by atoms with Gasteiger partial charge in [-0.1, -0.05) is 13.8 Å². The monoisotopic (exact) mass is 255 g/mol. The molecule has 0 aromatic heterocycles. The van der Waals surface area contributed by atoms with Gasteiger partial charge in [0, 0.05) is 18.6 Å². The molecule has 1 heterocycles. The van der Waals surface area contributed by atoms with Crippen molar-refractivity contribution >= 4 is 0 Å². The summed E-state index contributed by atoms with van der Waals surface area (Å²) in [5.74, 6) is 0.755. The predicted molar refractivity (Wildman–Crippen MR) is 80.1 cm³/mol. The molecule has 3 heteroatoms. The molecule has 1 saturated heterocycles. The molecule has 108 valence electrons. The van der Waals surface area contributed by atoms with Gasteiger partial charge < -0.3 is 15.1 Å². The fraction of sp³-hybridized carbons (Fsp3) is 1.00. The average Bonchev–Trinajstić information content (AvgIpc) is 2.70. The predicted octanol–water partition coefficient (Wildman–Crippen LogP) is 2.04. The molecule has 1 N–H and O–H groups in total. The fourth-order valence-corrected chi connectivity index (χ4v) is 2.64. The van der Waals surface area contributed by atoms with E-state index in [4.69, 9.17) is 0 Å². The first kappa shape index (κ1) is 15.9. The summed E-state index contributed by atoms with van der Waals surface area (Å²) >= 11 is 0. The van der Waals surface area contributed by atoms with Crippen molar-refractivity contribution in [1.29, 1.82) is 0 Å². The SMILES string of the molecule is CC(C)CNCCC(C)N(C)CC1CCCN1C. The molecule has 0 bridgehead atoms. The second kappa shape index (κ2) is 8.13. The van der Waals surface area contributed by atoms with Crippen LogP contribution in [0.4, 0.5) is 0 Å². The maximum atomic E-state index is 3.54. The Morgan fingerprint density at radius 1 is 1.33 bits per heavy atom. The van der Waals surface area contributed by atoms with Crippen molar-refractivity contribution in [3.05, 3.63) is 0 Å². The highest BCUT2D eigenvalue weighted by atomic mass is 15.2. The van der Waals surface area contributed by atoms with E-state index in [1.807, 2.05) is 0 Å². The molecule has 0 saturated carbocycles. The topological polar surface area (TPSA) is 18.5 Å². The number of nitrogens with one attached hydrogen (secondary N) is 1. The van der Waals surface area contributed by atoms with Crippen LogP contribution in [0.5, 0.6) is 0 Å². The Balaban J connectivity index is 2.14. The smallest absolute Gasteiger partial charge is 0.0220 e. The van der Waals surface area contributed by atoms with Gasteiger partial charge in [-0.15, -0.1) is 0 Å². The lowest BCUT2D eigenvalue weighted by Gasteiger charge is -2.30. The van der Waals surface area contributed by atoms with Crippen LogP contribution in [0.15, 0.2) is 0 Å². The van der Waals surface area contributed by atoms with Crippen LogP contribution in [0, 0.1) is 5.92 Å². The van der Waals surface area contributed by atoms with E-state index in [1.54, 1.807) is 0 Å². The Hall–Kier alpha value is -0.120. The molecule has 2 atom stereocenters. The van der Waals surface area contributed by atoms with Gasteiger partial charge in [-0.05, 0) is 65.8 Å². The molecule has 0 aromatic rings. The van der Waals surface area contributed by atoms with Gasteiger partial charge in [0.15, 0.2) is 0 Å². The minimum atomic E-state index is 0.679. The Bertz CT molecular complexity index is 218. The second-order valence-electron chi connectivity index (χ2n) is 6.45. The van der Waals surface area contributed by atoms with E-state index >= 15 is 0 Å². The highest BCUT2D eigenvalue weighted by Gasteiger charge is 2.23. The van der Waals surface area contributed by atoms with Crippen molar-refractivity contribution in [3.8, 4) is 0 Å². The largest absolute Gasteiger partial charge is 0.316 e. The number of hydrogen-bond acceptors (Lipinski definition) is 3. The van der Waals surface area contributed by atoms with Crippen molar-refractivity contribution in [2.75, 3.05) is 40.3 Å². The van der Waals surface area contributed by atoms with Crippen molar-refractivity contribution in [2.45, 2.75) is 52.1 Å². The highest BCUT2D eigenvalue weighted by Crippen LogP contribution is 2.16. The number of hydrogen-bond donors (Lipinski definition) is 1. The van der Waals surface area contributed by atoms with E-state index in [0.29, 0.717) is 6.04 Å². The summed E-state index contributed by atoms with van der Waals surface area (Å²) in [5.41, 5.74) is 0. The van der Waals surface area contributed by atoms with Crippen molar-refractivity contribution in [3.63, 3.8) is 0 Å². The first-order chi connectivity index (χ1) is 8.50. The fourth-order valence-electron chi connectivity index (χ4n) is 2.64. The van der Waals surface area contributed by atoms with E-state index in [9.17, 15) is 0 Å². The molecule has 0 aromatic carbocycles. The third-order valence-electron chi connectivity index (χ3n) is 4.21. The molecule has 1 aliphatic heterocycles. The van der Waals surface area contributed by atoms with Crippen LogP contribution in [0.1, 0.15) is 40.0 Å². The zero-order valence-electron chi connectivity index (χ0n) is 13.1. The molecule has 0 spiro atoms. The molecule has 3 nitrogen and oxygen atoms in total. The van der Waals surface area contributed by atoms with E-state index in [-0.39, 0.29) is 0 Å². The highest BCUT2D eigenvalue weighted by molar-refractivity contribution is 4.80. The third kappa shape index (κ3) is 5.68. The van der Waals surface area contributed by atoms with Crippen molar-refractivity contribution in [1.82, 2.24) is 15.1 Å². The quantitative estimate of drug-likeness (QED) is 0.670. The molecule has 18 heavy (non-hydrogen) atoms. The minimum absolute atomic E-state index is 0.679. The van der Waals surface area contributed by atoms with Gasteiger partial charge in [0.1, 0.15) is 0 Å². The molecule has 1 fully saturated rings. The van der Waals surface area contributed by atoms with Gasteiger partial charge in [-0.25, -0.2) is 0 Å². The number of likely N-dealkylation sites (N-methyl/N-ethyl adjacent to an activating group) is 2. The van der Waals surface area contributed by atoms with Gasteiger partial charge >= 0.3 is 0 Å². The number of likely N-dealkylation sites (tertiary alicyclic amines) is 1. The van der Waals surface area contributed by atoms with E-state index in [2.05, 4.69) is 50.0 Å². The van der Waals surface area contributed by atoms with Crippen molar-refractivity contribution < 1.29 is 0 Å². The summed E-state index contributed by atoms with van der Waals surface area (Å²) in [4.78, 5) is 5.05. The lowest BCUT2D eigenvalue weighted by molar-refractivity contribution is 0.178. The lowest BCUT2D eigenvalue weighted by Crippen LogP contribution is -2.41. The Morgan fingerprint density at radius 3 is 2.61 bits per heavy atom. The van der Waals surface area contributed by atoms with Crippen LogP contribution in [0.2, 0.25) is 0 Å². The summed E-state index contributed by atoms with van der Waals surface area (Å²) in [6.45, 7) is 11.7. The standard InChI is InChI=1S/C15H33N3/c1-13(2)11-16-9-8-14(3)18(5)12-15-7-6-10-17(15)4/h13-16H,6-12H2,1-5H3. The van der Waals surface area contributed by atoms with Crippen molar-refractivity contribution in [2.24, 2.45) is 5.92 Å². The van der Waals surface area contributed by atoms with Crippen LogP contribution in [0.3, 0.4) is 0 Å². The number of nitrogens with zero attached hydrogens (tertiary/aromatic N) is 2. The Labute approximate surface area is 114 Å². The van der Waals surface area contributed by atoms with E-state index in [1.165, 1.54) is 32.4 Å². The molecule has 1 rings (SSSR count). The van der Waals surface area contributed by atoms with Gasteiger partial charge in [0.2, 0.25) is 0 Å². The van der Waals surface area contributed by atoms with Crippen LogP contribution >= 0.6 is 0 Å². The summed E-state index contributed by atoms with van der Waals surface area (Å²) in [7, 11) is 4.54. The molecular weight excluding hydrogens is 222 g/mol. The molecule has 0 amide bonds. The van der Waals surface area contributed by atoms with E-state index in [0.717, 1.165) is 25.0 Å². The first-order valence-electron chi connectivity index (χ1n) is 7.62. The minimum Gasteiger partial charge on any atom is -0.316 e. The van der Waals surface area contributed by atoms with Gasteiger partial charge in [-0.3, -0.25) is 0 Å². The normalized spacial score (nSPS) is 23.2. The van der Waals surface area contributed by atoms with Crippen LogP contribution < -0.4 is 5.32 Å². The second-order valence-corrected chi connectivity index (χ2v) is 6.45. The van der Waals surface area contributed by atoms with Gasteiger partial charge in [0.05, 0.1) is 0 Å².